The number of nitrogens with zero attached hydrogens (tertiary/aromatic N) is 5. The molecule has 5 nitrogen and oxygen atoms in total. The van der Waals surface area contributed by atoms with Crippen molar-refractivity contribution in [2.45, 2.75) is 51.9 Å². The van der Waals surface area contributed by atoms with Crippen LogP contribution in [0.1, 0.15) is 77.9 Å². The van der Waals surface area contributed by atoms with Crippen molar-refractivity contribution in [3.8, 4) is 45.8 Å². The van der Waals surface area contributed by atoms with Crippen LogP contribution in [0.4, 0.5) is 5.69 Å². The second-order valence-electron chi connectivity index (χ2n) is 17.4. The van der Waals surface area contributed by atoms with E-state index in [-0.39, 0.29) is 5.41 Å². The fraction of sp³-hybridized carbons (Fsp3) is 0.138. The first-order chi connectivity index (χ1) is 30.8. The molecule has 63 heavy (non-hydrogen) atoms. The van der Waals surface area contributed by atoms with Crippen molar-refractivity contribution in [1.29, 1.82) is 10.5 Å². The molecule has 6 aromatic carbocycles. The van der Waals surface area contributed by atoms with Crippen LogP contribution in [0.15, 0.2) is 164 Å². The van der Waals surface area contributed by atoms with Crippen LogP contribution < -0.4 is 4.90 Å². The van der Waals surface area contributed by atoms with Crippen molar-refractivity contribution in [3.63, 3.8) is 0 Å². The van der Waals surface area contributed by atoms with E-state index in [0.717, 1.165) is 81.6 Å². The van der Waals surface area contributed by atoms with Gasteiger partial charge in [0.05, 0.1) is 33.5 Å². The molecule has 0 amide bonds. The highest BCUT2D eigenvalue weighted by Crippen LogP contribution is 2.54. The number of allylic oxidation sites excluding steroid dienone is 4. The average molecular weight is 812 g/mol. The molecule has 2 heterocycles. The smallest absolute Gasteiger partial charge is 0.101 e. The van der Waals surface area contributed by atoms with E-state index in [9.17, 15) is 10.5 Å². The Bertz CT molecular complexity index is 3420. The SMILES string of the molecule is C=Cc1ccccc1-c1c(C)n(-c2cc(C#N)c(-n3c4c(c5c6c(ccc53)C(C)(C)c3ccccc3-6)C=C(N(C3=CCCC=C3)c3ccccc3)CC4)cc2C#N)c2ccccc12. The molecule has 11 rings (SSSR count). The molecule has 0 saturated heterocycles. The third-order valence-corrected chi connectivity index (χ3v) is 13.7. The second kappa shape index (κ2) is 14.7. The van der Waals surface area contributed by atoms with Gasteiger partial charge in [0.2, 0.25) is 0 Å². The van der Waals surface area contributed by atoms with Crippen molar-refractivity contribution in [1.82, 2.24) is 9.13 Å². The van der Waals surface area contributed by atoms with Gasteiger partial charge in [-0.2, -0.15) is 10.5 Å². The van der Waals surface area contributed by atoms with E-state index in [2.05, 4.69) is 181 Å². The monoisotopic (exact) mass is 811 g/mol. The van der Waals surface area contributed by atoms with Crippen LogP contribution in [0.5, 0.6) is 0 Å². The lowest BCUT2D eigenvalue weighted by Gasteiger charge is -2.32. The molecule has 0 spiro atoms. The minimum Gasteiger partial charge on any atom is -0.315 e. The third-order valence-electron chi connectivity index (χ3n) is 13.7. The van der Waals surface area contributed by atoms with Gasteiger partial charge in [0.15, 0.2) is 0 Å². The number of anilines is 1. The standard InChI is InChI=1S/C58H45N5/c1-5-38-18-12-13-23-44(38)55-37(2)61(50-27-17-15-25-46(50)55)53-32-40(36-60)54(33-39(53)35-59)63-51-30-28-43(62(41-19-8-6-9-20-41)42-21-10-7-11-22-42)34-47(51)57-52(63)31-29-49-56(57)45-24-14-16-26-48(45)58(49,3)4/h5-6,8-10,12-27,29,31-34H,1,7,11,28,30H2,2-4H3. The van der Waals surface area contributed by atoms with Crippen molar-refractivity contribution >= 4 is 39.6 Å². The summed E-state index contributed by atoms with van der Waals surface area (Å²) in [5.74, 6) is 0. The molecule has 3 aliphatic rings. The van der Waals surface area contributed by atoms with Crippen LogP contribution in [0.25, 0.3) is 67.6 Å². The number of fused-ring (bicyclic) bond motifs is 8. The number of aromatic nitrogens is 2. The molecule has 0 fully saturated rings. The van der Waals surface area contributed by atoms with Crippen molar-refractivity contribution in [3.05, 3.63) is 208 Å². The third kappa shape index (κ3) is 5.67. The number of benzene rings is 6. The summed E-state index contributed by atoms with van der Waals surface area (Å²) in [4.78, 5) is 2.43. The molecular formula is C58H45N5. The number of rotatable bonds is 7. The Kier molecular flexibility index (Phi) is 8.86. The molecule has 3 aliphatic carbocycles. The summed E-state index contributed by atoms with van der Waals surface area (Å²) < 4.78 is 4.46. The Morgan fingerprint density at radius 3 is 2.14 bits per heavy atom. The maximum atomic E-state index is 11.2. The average Bonchev–Trinajstić information content (AvgIpc) is 3.90. The van der Waals surface area contributed by atoms with Crippen molar-refractivity contribution in [2.75, 3.05) is 4.90 Å². The Hall–Kier alpha value is -7.86. The summed E-state index contributed by atoms with van der Waals surface area (Å²) in [6.07, 6.45) is 14.8. The highest BCUT2D eigenvalue weighted by atomic mass is 15.2. The Balaban J connectivity index is 1.19. The van der Waals surface area contributed by atoms with Gasteiger partial charge in [0.1, 0.15) is 12.1 Å². The van der Waals surface area contributed by atoms with E-state index in [1.807, 2.05) is 30.3 Å². The summed E-state index contributed by atoms with van der Waals surface area (Å²) in [7, 11) is 0. The highest BCUT2D eigenvalue weighted by Gasteiger charge is 2.39. The molecule has 0 unspecified atom stereocenters. The maximum Gasteiger partial charge on any atom is 0.101 e. The molecular weight excluding hydrogens is 767 g/mol. The lowest BCUT2D eigenvalue weighted by molar-refractivity contribution is 0.661. The topological polar surface area (TPSA) is 60.7 Å². The van der Waals surface area contributed by atoms with Crippen LogP contribution in [0, 0.1) is 29.6 Å². The van der Waals surface area contributed by atoms with Gasteiger partial charge >= 0.3 is 0 Å². The van der Waals surface area contributed by atoms with Crippen molar-refractivity contribution < 1.29 is 0 Å². The summed E-state index contributed by atoms with van der Waals surface area (Å²) in [5.41, 5.74) is 19.4. The summed E-state index contributed by atoms with van der Waals surface area (Å²) in [5, 5.41) is 24.6. The van der Waals surface area contributed by atoms with Crippen LogP contribution in [0.3, 0.4) is 0 Å². The fourth-order valence-corrected chi connectivity index (χ4v) is 10.9. The molecule has 0 aliphatic heterocycles. The molecule has 0 N–H and O–H groups in total. The fourth-order valence-electron chi connectivity index (χ4n) is 10.9. The minimum atomic E-state index is -0.194. The van der Waals surface area contributed by atoms with Crippen molar-refractivity contribution in [2.24, 2.45) is 0 Å². The number of hydrogen-bond acceptors (Lipinski definition) is 3. The largest absolute Gasteiger partial charge is 0.315 e. The summed E-state index contributed by atoms with van der Waals surface area (Å²) in [6, 6.07) is 49.8. The zero-order chi connectivity index (χ0) is 43.0. The summed E-state index contributed by atoms with van der Waals surface area (Å²) >= 11 is 0. The normalized spacial score (nSPS) is 14.6. The van der Waals surface area contributed by atoms with Gasteiger partial charge in [0, 0.05) is 55.8 Å². The Morgan fingerprint density at radius 2 is 1.40 bits per heavy atom. The van der Waals surface area contributed by atoms with E-state index < -0.39 is 0 Å². The van der Waals surface area contributed by atoms with Crippen LogP contribution in [-0.4, -0.2) is 9.13 Å². The van der Waals surface area contributed by atoms with Gasteiger partial charge in [-0.25, -0.2) is 0 Å². The molecule has 8 aromatic rings. The minimum absolute atomic E-state index is 0.194. The number of para-hydroxylation sites is 2. The zero-order valence-electron chi connectivity index (χ0n) is 35.8. The number of hydrogen-bond donors (Lipinski definition) is 0. The maximum absolute atomic E-state index is 11.2. The lowest BCUT2D eigenvalue weighted by atomic mass is 9.82. The molecule has 0 atom stereocenters. The predicted molar refractivity (Wildman–Crippen MR) is 259 cm³/mol. The van der Waals surface area contributed by atoms with Crippen LogP contribution in [-0.2, 0) is 11.8 Å². The quantitative estimate of drug-likeness (QED) is 0.161. The van der Waals surface area contributed by atoms with Crippen LogP contribution >= 0.6 is 0 Å². The Morgan fingerprint density at radius 1 is 0.698 bits per heavy atom. The highest BCUT2D eigenvalue weighted by molar-refractivity contribution is 6.08. The Labute approximate surface area is 368 Å². The first kappa shape index (κ1) is 38.1. The van der Waals surface area contributed by atoms with E-state index in [0.29, 0.717) is 16.8 Å². The first-order valence-corrected chi connectivity index (χ1v) is 21.9. The molecule has 5 heteroatoms. The van der Waals surface area contributed by atoms with E-state index >= 15 is 0 Å². The first-order valence-electron chi connectivity index (χ1n) is 21.9. The van der Waals surface area contributed by atoms with E-state index in [1.54, 1.807) is 0 Å². The second-order valence-corrected chi connectivity index (χ2v) is 17.4. The lowest BCUT2D eigenvalue weighted by Crippen LogP contribution is -2.24. The van der Waals surface area contributed by atoms with E-state index in [1.165, 1.54) is 44.6 Å². The van der Waals surface area contributed by atoms with E-state index in [4.69, 9.17) is 0 Å². The van der Waals surface area contributed by atoms with Crippen LogP contribution in [0.2, 0.25) is 0 Å². The number of nitriles is 2. The van der Waals surface area contributed by atoms with Gasteiger partial charge in [-0.05, 0) is 115 Å². The molecule has 0 radical (unpaired) electrons. The molecule has 0 bridgehead atoms. The van der Waals surface area contributed by atoms with Gasteiger partial charge in [-0.3, -0.25) is 0 Å². The van der Waals surface area contributed by atoms with Gasteiger partial charge in [-0.1, -0.05) is 130 Å². The molecule has 2 aromatic heterocycles. The van der Waals surface area contributed by atoms with Gasteiger partial charge in [-0.15, -0.1) is 0 Å². The van der Waals surface area contributed by atoms with Gasteiger partial charge in [0.25, 0.3) is 0 Å². The molecule has 302 valence electrons. The zero-order valence-corrected chi connectivity index (χ0v) is 35.8. The summed E-state index contributed by atoms with van der Waals surface area (Å²) in [6.45, 7) is 10.9. The van der Waals surface area contributed by atoms with Gasteiger partial charge < -0.3 is 14.0 Å². The predicted octanol–water partition coefficient (Wildman–Crippen LogP) is 14.3. The molecule has 0 saturated carbocycles.